The van der Waals surface area contributed by atoms with Crippen LogP contribution in [-0.4, -0.2) is 35.0 Å². The first-order valence-electron chi connectivity index (χ1n) is 10.6. The Bertz CT molecular complexity index is 816. The van der Waals surface area contributed by atoms with Crippen LogP contribution in [0, 0.1) is 23.7 Å². The highest BCUT2D eigenvalue weighted by molar-refractivity contribution is 5.88. The van der Waals surface area contributed by atoms with Crippen molar-refractivity contribution in [3.63, 3.8) is 0 Å². The van der Waals surface area contributed by atoms with E-state index in [0.717, 1.165) is 31.4 Å². The van der Waals surface area contributed by atoms with Gasteiger partial charge in [-0.2, -0.15) is 0 Å². The van der Waals surface area contributed by atoms with Crippen molar-refractivity contribution in [1.82, 2.24) is 0 Å². The number of anilines is 1. The summed E-state index contributed by atoms with van der Waals surface area (Å²) >= 11 is 0. The number of benzene rings is 1. The van der Waals surface area contributed by atoms with Gasteiger partial charge in [0.05, 0.1) is 5.56 Å². The molecule has 8 atom stereocenters. The van der Waals surface area contributed by atoms with E-state index in [0.29, 0.717) is 11.8 Å². The summed E-state index contributed by atoms with van der Waals surface area (Å²) < 4.78 is 12.8. The smallest absolute Gasteiger partial charge is 0.335 e. The molecular weight excluding hydrogens is 374 g/mol. The lowest BCUT2D eigenvalue weighted by atomic mass is 9.58. The first-order valence-corrected chi connectivity index (χ1v) is 10.6. The Morgan fingerprint density at radius 1 is 1.17 bits per heavy atom. The summed E-state index contributed by atoms with van der Waals surface area (Å²) in [6.07, 6.45) is 3.13. The lowest BCUT2D eigenvalue weighted by Gasteiger charge is -2.60. The summed E-state index contributed by atoms with van der Waals surface area (Å²) in [6, 6.07) is 6.82. The molecular formula is C22H29NO6. The molecule has 1 aliphatic carbocycles. The van der Waals surface area contributed by atoms with Gasteiger partial charge in [0.25, 0.3) is 0 Å². The number of nitrogens with one attached hydrogen (secondary N) is 1. The third-order valence-corrected chi connectivity index (χ3v) is 7.58. The molecule has 4 aliphatic heterocycles. The zero-order valence-electron chi connectivity index (χ0n) is 17.1. The van der Waals surface area contributed by atoms with Crippen molar-refractivity contribution in [2.24, 2.45) is 23.7 Å². The maximum Gasteiger partial charge on any atom is 0.335 e. The Hall–Kier alpha value is -1.67. The number of carboxylic acid groups (broad SMARTS) is 1. The molecule has 6 rings (SSSR count). The van der Waals surface area contributed by atoms with Gasteiger partial charge < -0.3 is 19.9 Å². The van der Waals surface area contributed by atoms with Crippen LogP contribution in [0.25, 0.3) is 0 Å². The van der Waals surface area contributed by atoms with Crippen LogP contribution in [-0.2, 0) is 19.2 Å². The minimum atomic E-state index is -0.947. The largest absolute Gasteiger partial charge is 0.478 e. The molecule has 1 aromatic rings. The number of ether oxygens (including phenoxy) is 2. The zero-order chi connectivity index (χ0) is 20.4. The Morgan fingerprint density at radius 2 is 2.00 bits per heavy atom. The van der Waals surface area contributed by atoms with Crippen LogP contribution in [0.3, 0.4) is 0 Å². The van der Waals surface area contributed by atoms with Gasteiger partial charge >= 0.3 is 5.97 Å². The molecule has 0 radical (unpaired) electrons. The van der Waals surface area contributed by atoms with Gasteiger partial charge in [0.1, 0.15) is 6.23 Å². The van der Waals surface area contributed by atoms with E-state index in [1.807, 2.05) is 13.0 Å². The molecule has 1 aromatic carbocycles. The molecule has 0 amide bonds. The number of rotatable bonds is 3. The first-order chi connectivity index (χ1) is 13.8. The highest BCUT2D eigenvalue weighted by Crippen LogP contribution is 2.60. The summed E-state index contributed by atoms with van der Waals surface area (Å²) in [6.45, 7) is 6.38. The SMILES string of the molecule is C[C@@H]1CC[C@H]2[C@@H](C)C(Nc3cccc(C(=O)O)c3)O[C@@H]3O[C@@]4(C)CC[C@@H]1[C@]32OO4. The molecule has 1 spiro atoms. The van der Waals surface area contributed by atoms with Gasteiger partial charge in [-0.25, -0.2) is 14.6 Å². The number of hydrogen-bond donors (Lipinski definition) is 2. The van der Waals surface area contributed by atoms with Crippen LogP contribution in [0.4, 0.5) is 5.69 Å². The van der Waals surface area contributed by atoms with E-state index >= 15 is 0 Å². The summed E-state index contributed by atoms with van der Waals surface area (Å²) in [7, 11) is 0. The number of carboxylic acids is 1. The molecule has 0 aromatic heterocycles. The zero-order valence-corrected chi connectivity index (χ0v) is 17.1. The second-order valence-corrected chi connectivity index (χ2v) is 9.36. The second kappa shape index (κ2) is 6.67. The summed E-state index contributed by atoms with van der Waals surface area (Å²) in [5.41, 5.74) is 0.380. The van der Waals surface area contributed by atoms with E-state index in [4.69, 9.17) is 19.2 Å². The van der Waals surface area contributed by atoms with Gasteiger partial charge in [-0.1, -0.05) is 19.9 Å². The minimum absolute atomic E-state index is 0.143. The first kappa shape index (κ1) is 19.3. The van der Waals surface area contributed by atoms with E-state index in [-0.39, 0.29) is 23.6 Å². The van der Waals surface area contributed by atoms with Gasteiger partial charge in [0.2, 0.25) is 5.79 Å². The van der Waals surface area contributed by atoms with Crippen LogP contribution in [0.15, 0.2) is 24.3 Å². The van der Waals surface area contributed by atoms with E-state index < -0.39 is 23.6 Å². The quantitative estimate of drug-likeness (QED) is 0.738. The highest BCUT2D eigenvalue weighted by Gasteiger charge is 2.69. The second-order valence-electron chi connectivity index (χ2n) is 9.36. The van der Waals surface area contributed by atoms with Gasteiger partial charge in [-0.3, -0.25) is 0 Å². The predicted molar refractivity (Wildman–Crippen MR) is 104 cm³/mol. The maximum atomic E-state index is 11.3. The fourth-order valence-electron chi connectivity index (χ4n) is 5.98. The number of aromatic carboxylic acids is 1. The van der Waals surface area contributed by atoms with Crippen LogP contribution < -0.4 is 5.32 Å². The average Bonchev–Trinajstić information content (AvgIpc) is 2.92. The van der Waals surface area contributed by atoms with Crippen molar-refractivity contribution in [3.8, 4) is 0 Å². The van der Waals surface area contributed by atoms with Gasteiger partial charge in [0, 0.05) is 23.9 Å². The van der Waals surface area contributed by atoms with Crippen LogP contribution in [0.5, 0.6) is 0 Å². The van der Waals surface area contributed by atoms with Crippen molar-refractivity contribution in [2.75, 3.05) is 5.32 Å². The molecule has 158 valence electrons. The topological polar surface area (TPSA) is 86.3 Å². The molecule has 2 N–H and O–H groups in total. The van der Waals surface area contributed by atoms with E-state index in [1.165, 1.54) is 0 Å². The third-order valence-electron chi connectivity index (χ3n) is 7.58. The average molecular weight is 403 g/mol. The molecule has 4 heterocycles. The molecule has 1 saturated carbocycles. The van der Waals surface area contributed by atoms with Crippen LogP contribution in [0.1, 0.15) is 56.8 Å². The fraction of sp³-hybridized carbons (Fsp3) is 0.682. The summed E-state index contributed by atoms with van der Waals surface area (Å²) in [5, 5.41) is 12.7. The Labute approximate surface area is 170 Å². The molecule has 2 bridgehead atoms. The Balaban J connectivity index is 1.47. The van der Waals surface area contributed by atoms with Gasteiger partial charge in [-0.15, -0.1) is 0 Å². The molecule has 5 fully saturated rings. The molecule has 29 heavy (non-hydrogen) atoms. The minimum Gasteiger partial charge on any atom is -0.478 e. The number of carbonyl (C=O) groups is 1. The highest BCUT2D eigenvalue weighted by atomic mass is 17.3. The third kappa shape index (κ3) is 2.90. The van der Waals surface area contributed by atoms with Crippen molar-refractivity contribution in [1.29, 1.82) is 0 Å². The van der Waals surface area contributed by atoms with Gasteiger partial charge in [0.15, 0.2) is 11.9 Å². The lowest BCUT2D eigenvalue weighted by molar-refractivity contribution is -0.570. The molecule has 5 aliphatic rings. The van der Waals surface area contributed by atoms with Crippen LogP contribution in [0.2, 0.25) is 0 Å². The van der Waals surface area contributed by atoms with Crippen molar-refractivity contribution in [2.45, 2.75) is 70.4 Å². The standard InChI is InChI=1S/C22H29NO6/c1-12-7-8-17-13(2)18(23-15-6-4-5-14(11-15)19(24)25)26-20-22(17)16(12)9-10-21(3,27-20)28-29-22/h4-6,11-13,16-18,20,23H,7-10H2,1-3H3,(H,24,25)/t12-,13-,16+,17+,18?,20-,21-,22-/m1/s1. The van der Waals surface area contributed by atoms with Crippen LogP contribution >= 0.6 is 0 Å². The number of hydrogen-bond acceptors (Lipinski definition) is 6. The fourth-order valence-corrected chi connectivity index (χ4v) is 5.98. The molecule has 4 saturated heterocycles. The van der Waals surface area contributed by atoms with E-state index in [9.17, 15) is 9.90 Å². The Kier molecular flexibility index (Phi) is 4.44. The Morgan fingerprint density at radius 3 is 2.79 bits per heavy atom. The van der Waals surface area contributed by atoms with Crippen molar-refractivity contribution in [3.05, 3.63) is 29.8 Å². The van der Waals surface area contributed by atoms with Crippen molar-refractivity contribution >= 4 is 11.7 Å². The number of fused-ring (bicyclic) bond motifs is 2. The summed E-state index contributed by atoms with van der Waals surface area (Å²) in [5.74, 6) is -0.526. The molecule has 1 unspecified atom stereocenters. The molecule has 7 heteroatoms. The van der Waals surface area contributed by atoms with E-state index in [2.05, 4.69) is 19.2 Å². The van der Waals surface area contributed by atoms with Gasteiger partial charge in [-0.05, 0) is 56.2 Å². The lowest BCUT2D eigenvalue weighted by Crippen LogP contribution is -2.71. The predicted octanol–water partition coefficient (Wildman–Crippen LogP) is 4.00. The normalized spacial score (nSPS) is 45.9. The summed E-state index contributed by atoms with van der Waals surface area (Å²) in [4.78, 5) is 23.3. The molecule has 7 nitrogen and oxygen atoms in total. The van der Waals surface area contributed by atoms with Crippen molar-refractivity contribution < 1.29 is 29.1 Å². The monoisotopic (exact) mass is 403 g/mol. The van der Waals surface area contributed by atoms with E-state index in [1.54, 1.807) is 18.2 Å². The maximum absolute atomic E-state index is 11.3.